The van der Waals surface area contributed by atoms with Crippen molar-refractivity contribution in [2.24, 2.45) is 0 Å². The van der Waals surface area contributed by atoms with Crippen molar-refractivity contribution in [2.45, 2.75) is 57.0 Å². The van der Waals surface area contributed by atoms with Crippen molar-refractivity contribution in [2.75, 3.05) is 26.4 Å². The second-order valence-corrected chi connectivity index (χ2v) is 9.37. The molecule has 4 heterocycles. The number of fused-ring (bicyclic) bond motifs is 3. The molecule has 0 aliphatic carbocycles. The average Bonchev–Trinajstić information content (AvgIpc) is 3.14. The zero-order valence-electron chi connectivity index (χ0n) is 19.9. The number of aliphatic hydroxyl groups is 1. The molecule has 1 aromatic heterocycles. The number of carbonyl (C=O) groups is 2. The Bertz CT molecular complexity index is 1080. The number of aromatic nitrogens is 1. The van der Waals surface area contributed by atoms with Crippen LogP contribution in [0.5, 0.6) is 5.75 Å². The van der Waals surface area contributed by atoms with Crippen molar-refractivity contribution in [3.63, 3.8) is 0 Å². The number of carbonyl (C=O) groups excluding carboxylic acids is 2. The highest BCUT2D eigenvalue weighted by Gasteiger charge is 2.41. The van der Waals surface area contributed by atoms with Gasteiger partial charge in [0, 0.05) is 31.4 Å². The molecule has 4 unspecified atom stereocenters. The number of hydrogen-bond donors (Lipinski definition) is 3. The fourth-order valence-electron chi connectivity index (χ4n) is 5.28. The van der Waals surface area contributed by atoms with E-state index in [2.05, 4.69) is 27.8 Å². The van der Waals surface area contributed by atoms with E-state index in [1.54, 1.807) is 6.07 Å². The number of ether oxygens (including phenoxy) is 2. The summed E-state index contributed by atoms with van der Waals surface area (Å²) in [5.41, 5.74) is 2.93. The summed E-state index contributed by atoms with van der Waals surface area (Å²) in [6.07, 6.45) is 3.18. The van der Waals surface area contributed by atoms with Crippen LogP contribution in [0, 0.1) is 0 Å². The fourth-order valence-corrected chi connectivity index (χ4v) is 5.28. The molecule has 9 heteroatoms. The zero-order chi connectivity index (χ0) is 24.4. The molecule has 2 fully saturated rings. The van der Waals surface area contributed by atoms with Crippen molar-refractivity contribution in [3.05, 3.63) is 58.9 Å². The summed E-state index contributed by atoms with van der Waals surface area (Å²) in [7, 11) is 0. The van der Waals surface area contributed by atoms with Crippen LogP contribution in [-0.2, 0) is 17.7 Å². The minimum atomic E-state index is -0.756. The topological polar surface area (TPSA) is 113 Å². The Morgan fingerprint density at radius 3 is 2.74 bits per heavy atom. The second-order valence-electron chi connectivity index (χ2n) is 9.37. The Morgan fingerprint density at radius 2 is 2.00 bits per heavy atom. The summed E-state index contributed by atoms with van der Waals surface area (Å²) >= 11 is 0. The van der Waals surface area contributed by atoms with E-state index in [0.717, 1.165) is 12.8 Å². The third-order valence-electron chi connectivity index (χ3n) is 7.15. The van der Waals surface area contributed by atoms with E-state index in [1.807, 2.05) is 24.0 Å². The standard InChI is InChI=1S/C26H32N4O5/c1-2-35-24-10-22(26(33)30-18-7-8-19(30)15-34-14-18)28-12-20(24)25(32)29-13-23(31)21-9-16-5-3-4-6-17(16)11-27-21/h3-6,10,12,18-19,21,23,27,31H,2,7-9,11,13-15H2,1H3,(H,29,32). The second kappa shape index (κ2) is 10.3. The normalized spacial score (nSPS) is 23.9. The van der Waals surface area contributed by atoms with Crippen molar-refractivity contribution >= 4 is 11.8 Å². The number of hydrogen-bond acceptors (Lipinski definition) is 7. The molecule has 3 aliphatic rings. The van der Waals surface area contributed by atoms with Crippen molar-refractivity contribution < 1.29 is 24.2 Å². The van der Waals surface area contributed by atoms with Crippen LogP contribution in [0.4, 0.5) is 0 Å². The van der Waals surface area contributed by atoms with Crippen LogP contribution in [0.2, 0.25) is 0 Å². The molecular weight excluding hydrogens is 448 g/mol. The van der Waals surface area contributed by atoms with Gasteiger partial charge in [-0.25, -0.2) is 4.98 Å². The van der Waals surface area contributed by atoms with Crippen molar-refractivity contribution in [1.82, 2.24) is 20.5 Å². The first-order valence-electron chi connectivity index (χ1n) is 12.3. The van der Waals surface area contributed by atoms with E-state index >= 15 is 0 Å². The summed E-state index contributed by atoms with van der Waals surface area (Å²) in [4.78, 5) is 32.3. The molecule has 5 rings (SSSR count). The molecule has 0 radical (unpaired) electrons. The van der Waals surface area contributed by atoms with Gasteiger partial charge >= 0.3 is 0 Å². The van der Waals surface area contributed by atoms with Crippen molar-refractivity contribution in [3.8, 4) is 5.75 Å². The van der Waals surface area contributed by atoms with E-state index in [-0.39, 0.29) is 41.8 Å². The van der Waals surface area contributed by atoms with Crippen LogP contribution < -0.4 is 15.4 Å². The van der Waals surface area contributed by atoms with Gasteiger partial charge in [0.25, 0.3) is 11.8 Å². The molecule has 3 aliphatic heterocycles. The number of benzene rings is 1. The lowest BCUT2D eigenvalue weighted by Gasteiger charge is -2.34. The summed E-state index contributed by atoms with van der Waals surface area (Å²) in [6, 6.07) is 9.69. The molecule has 2 aromatic rings. The van der Waals surface area contributed by atoms with Crippen LogP contribution in [0.15, 0.2) is 36.5 Å². The number of nitrogens with one attached hydrogen (secondary N) is 2. The lowest BCUT2D eigenvalue weighted by atomic mass is 9.93. The maximum Gasteiger partial charge on any atom is 0.273 e. The summed E-state index contributed by atoms with van der Waals surface area (Å²) in [5, 5.41) is 16.8. The molecular formula is C26H32N4O5. The Balaban J connectivity index is 1.24. The van der Waals surface area contributed by atoms with Gasteiger partial charge in [-0.05, 0) is 37.3 Å². The van der Waals surface area contributed by atoms with Gasteiger partial charge < -0.3 is 30.1 Å². The van der Waals surface area contributed by atoms with Crippen LogP contribution >= 0.6 is 0 Å². The molecule has 1 aromatic carbocycles. The Labute approximate surface area is 204 Å². The highest BCUT2D eigenvalue weighted by molar-refractivity contribution is 5.99. The fraction of sp³-hybridized carbons (Fsp3) is 0.500. The number of aliphatic hydroxyl groups excluding tert-OH is 1. The van der Waals surface area contributed by atoms with E-state index < -0.39 is 12.0 Å². The smallest absolute Gasteiger partial charge is 0.273 e. The number of pyridine rings is 1. The van der Waals surface area contributed by atoms with Gasteiger partial charge in [-0.1, -0.05) is 24.3 Å². The molecule has 0 saturated carbocycles. The molecule has 35 heavy (non-hydrogen) atoms. The van der Waals surface area contributed by atoms with E-state index in [1.165, 1.54) is 17.3 Å². The molecule has 2 amide bonds. The van der Waals surface area contributed by atoms with Gasteiger partial charge in [0.15, 0.2) is 0 Å². The highest BCUT2D eigenvalue weighted by atomic mass is 16.5. The third-order valence-corrected chi connectivity index (χ3v) is 7.15. The maximum absolute atomic E-state index is 13.2. The number of morpholine rings is 1. The summed E-state index contributed by atoms with van der Waals surface area (Å²) < 4.78 is 11.3. The summed E-state index contributed by atoms with van der Waals surface area (Å²) in [6.45, 7) is 4.03. The molecule has 0 spiro atoms. The largest absolute Gasteiger partial charge is 0.493 e. The lowest BCUT2D eigenvalue weighted by Crippen LogP contribution is -2.49. The Morgan fingerprint density at radius 1 is 1.26 bits per heavy atom. The van der Waals surface area contributed by atoms with Crippen LogP contribution in [-0.4, -0.2) is 77.4 Å². The van der Waals surface area contributed by atoms with Crippen LogP contribution in [0.1, 0.15) is 51.7 Å². The van der Waals surface area contributed by atoms with Crippen LogP contribution in [0.25, 0.3) is 0 Å². The molecule has 3 N–H and O–H groups in total. The van der Waals surface area contributed by atoms with Crippen molar-refractivity contribution in [1.29, 1.82) is 0 Å². The van der Waals surface area contributed by atoms with E-state index in [4.69, 9.17) is 9.47 Å². The Kier molecular flexibility index (Phi) is 6.99. The highest BCUT2D eigenvalue weighted by Crippen LogP contribution is 2.31. The van der Waals surface area contributed by atoms with Gasteiger partial charge in [0.2, 0.25) is 0 Å². The molecule has 4 atom stereocenters. The van der Waals surface area contributed by atoms with E-state index in [0.29, 0.717) is 38.5 Å². The van der Waals surface area contributed by atoms with Gasteiger partial charge in [0.05, 0.1) is 43.6 Å². The first-order chi connectivity index (χ1) is 17.0. The molecule has 186 valence electrons. The first kappa shape index (κ1) is 23.7. The quantitative estimate of drug-likeness (QED) is 0.547. The van der Waals surface area contributed by atoms with Gasteiger partial charge in [-0.15, -0.1) is 0 Å². The SMILES string of the molecule is CCOc1cc(C(=O)N2C3CCC2COC3)ncc1C(=O)NCC(O)C1Cc2ccccc2CN1. The number of nitrogens with zero attached hydrogens (tertiary/aromatic N) is 2. The number of amides is 2. The predicted octanol–water partition coefficient (Wildman–Crippen LogP) is 1.29. The molecule has 2 bridgehead atoms. The predicted molar refractivity (Wildman–Crippen MR) is 128 cm³/mol. The molecule has 9 nitrogen and oxygen atoms in total. The zero-order valence-corrected chi connectivity index (χ0v) is 19.9. The molecule has 2 saturated heterocycles. The first-order valence-corrected chi connectivity index (χ1v) is 12.3. The third kappa shape index (κ3) is 4.89. The van der Waals surface area contributed by atoms with E-state index in [9.17, 15) is 14.7 Å². The average molecular weight is 481 g/mol. The van der Waals surface area contributed by atoms with Gasteiger partial charge in [-0.2, -0.15) is 0 Å². The minimum Gasteiger partial charge on any atom is -0.493 e. The Hall–Kier alpha value is -3.01. The monoisotopic (exact) mass is 480 g/mol. The number of rotatable bonds is 7. The lowest BCUT2D eigenvalue weighted by molar-refractivity contribution is -0.00748. The maximum atomic E-state index is 13.2. The summed E-state index contributed by atoms with van der Waals surface area (Å²) in [5.74, 6) is -0.252. The minimum absolute atomic E-state index is 0.0726. The van der Waals surface area contributed by atoms with Gasteiger partial charge in [0.1, 0.15) is 11.4 Å². The van der Waals surface area contributed by atoms with Crippen LogP contribution in [0.3, 0.4) is 0 Å². The van der Waals surface area contributed by atoms with Gasteiger partial charge in [-0.3, -0.25) is 9.59 Å².